The van der Waals surface area contributed by atoms with Gasteiger partial charge in [-0.3, -0.25) is 4.79 Å². The van der Waals surface area contributed by atoms with Crippen molar-refractivity contribution in [3.05, 3.63) is 62.9 Å². The summed E-state index contributed by atoms with van der Waals surface area (Å²) in [6.07, 6.45) is 1.62. The van der Waals surface area contributed by atoms with Crippen LogP contribution in [-0.2, 0) is 28.3 Å². The molecule has 32 heavy (non-hydrogen) atoms. The van der Waals surface area contributed by atoms with Gasteiger partial charge in [-0.25, -0.2) is 9.78 Å². The molecule has 10 heteroatoms. The smallest absolute Gasteiger partial charge is 0.343 e. The summed E-state index contributed by atoms with van der Waals surface area (Å²) in [7, 11) is 0. The van der Waals surface area contributed by atoms with E-state index in [0.717, 1.165) is 16.5 Å². The summed E-state index contributed by atoms with van der Waals surface area (Å²) in [5.74, 6) is -0.932. The van der Waals surface area contributed by atoms with Crippen LogP contribution in [0.2, 0.25) is 0 Å². The molecule has 0 amide bonds. The van der Waals surface area contributed by atoms with Gasteiger partial charge in [-0.15, -0.1) is 5.10 Å². The summed E-state index contributed by atoms with van der Waals surface area (Å²) < 4.78 is 6.69. The molecule has 2 aromatic heterocycles. The van der Waals surface area contributed by atoms with Gasteiger partial charge in [-0.1, -0.05) is 25.1 Å². The van der Waals surface area contributed by atoms with E-state index in [2.05, 4.69) is 10.2 Å². The van der Waals surface area contributed by atoms with E-state index in [1.165, 1.54) is 6.21 Å². The minimum absolute atomic E-state index is 0.0795. The van der Waals surface area contributed by atoms with Gasteiger partial charge in [0.2, 0.25) is 5.96 Å². The first-order chi connectivity index (χ1) is 15.3. The number of para-hydroxylation sites is 1. The fourth-order valence-corrected chi connectivity index (χ4v) is 4.36. The second-order valence-electron chi connectivity index (χ2n) is 7.74. The molecular weight excluding hydrogens is 412 g/mol. The number of hydrogen-bond acceptors (Lipinski definition) is 7. The lowest BCUT2D eigenvalue weighted by atomic mass is 9.86. The first kappa shape index (κ1) is 19.9. The number of ether oxygens (including phenoxy) is 1. The number of aliphatic hydroxyl groups is 1. The molecule has 0 fully saturated rings. The molecule has 1 atom stereocenters. The predicted octanol–water partition coefficient (Wildman–Crippen LogP) is 0.687. The summed E-state index contributed by atoms with van der Waals surface area (Å²) >= 11 is 0. The first-order valence-electron chi connectivity index (χ1n) is 10.1. The second kappa shape index (κ2) is 6.99. The van der Waals surface area contributed by atoms with Crippen LogP contribution in [0.5, 0.6) is 0 Å². The molecule has 0 radical (unpaired) electrons. The highest BCUT2D eigenvalue weighted by Gasteiger charge is 2.45. The summed E-state index contributed by atoms with van der Waals surface area (Å²) in [5, 5.41) is 19.5. The van der Waals surface area contributed by atoms with Crippen molar-refractivity contribution in [3.63, 3.8) is 0 Å². The van der Waals surface area contributed by atoms with E-state index in [-0.39, 0.29) is 42.2 Å². The molecule has 0 bridgehead atoms. The molecule has 3 aromatic rings. The van der Waals surface area contributed by atoms with Gasteiger partial charge < -0.3 is 25.9 Å². The van der Waals surface area contributed by atoms with Gasteiger partial charge in [0.05, 0.1) is 35.2 Å². The molecule has 0 aliphatic carbocycles. The van der Waals surface area contributed by atoms with Crippen LogP contribution in [0.1, 0.15) is 35.6 Å². The minimum Gasteiger partial charge on any atom is -0.458 e. The van der Waals surface area contributed by atoms with E-state index in [9.17, 15) is 14.7 Å². The predicted molar refractivity (Wildman–Crippen MR) is 118 cm³/mol. The topological polar surface area (TPSA) is 158 Å². The average molecular weight is 432 g/mol. The lowest BCUT2D eigenvalue weighted by Crippen LogP contribution is -2.44. The van der Waals surface area contributed by atoms with Crippen molar-refractivity contribution in [2.45, 2.75) is 32.1 Å². The van der Waals surface area contributed by atoms with Crippen molar-refractivity contribution in [1.29, 1.82) is 0 Å². The highest BCUT2D eigenvalue weighted by Crippen LogP contribution is 2.39. The van der Waals surface area contributed by atoms with Gasteiger partial charge in [0.1, 0.15) is 6.61 Å². The van der Waals surface area contributed by atoms with Crippen molar-refractivity contribution in [2.24, 2.45) is 21.7 Å². The quantitative estimate of drug-likeness (QED) is 0.186. The van der Waals surface area contributed by atoms with E-state index < -0.39 is 11.6 Å². The van der Waals surface area contributed by atoms with Gasteiger partial charge in [0.15, 0.2) is 5.60 Å². The zero-order valence-electron chi connectivity index (χ0n) is 17.2. The number of hydrogen-bond donors (Lipinski definition) is 3. The molecule has 162 valence electrons. The number of rotatable bonds is 3. The number of carbonyl (C=O) groups excluding carboxylic acids is 1. The summed E-state index contributed by atoms with van der Waals surface area (Å²) in [6.45, 7) is 1.73. The van der Waals surface area contributed by atoms with E-state index in [0.29, 0.717) is 16.9 Å². The second-order valence-corrected chi connectivity index (χ2v) is 7.74. The Bertz CT molecular complexity index is 1420. The van der Waals surface area contributed by atoms with Gasteiger partial charge >= 0.3 is 5.97 Å². The molecule has 2 aliphatic rings. The molecule has 10 nitrogen and oxygen atoms in total. The molecule has 4 heterocycles. The van der Waals surface area contributed by atoms with Gasteiger partial charge in [0.25, 0.3) is 5.56 Å². The summed E-state index contributed by atoms with van der Waals surface area (Å²) in [6, 6.07) is 9.17. The van der Waals surface area contributed by atoms with Crippen molar-refractivity contribution in [2.75, 3.05) is 0 Å². The van der Waals surface area contributed by atoms with Crippen LogP contribution in [-0.4, -0.2) is 32.8 Å². The summed E-state index contributed by atoms with van der Waals surface area (Å²) in [5.41, 5.74) is 12.4. The van der Waals surface area contributed by atoms with Crippen LogP contribution < -0.4 is 17.0 Å². The monoisotopic (exact) mass is 432 g/mol. The number of guanidine groups is 1. The van der Waals surface area contributed by atoms with Gasteiger partial charge in [-0.05, 0) is 18.6 Å². The van der Waals surface area contributed by atoms with E-state index in [1.807, 2.05) is 24.3 Å². The number of esters is 1. The van der Waals surface area contributed by atoms with Crippen LogP contribution in [0.4, 0.5) is 0 Å². The zero-order chi connectivity index (χ0) is 22.6. The maximum atomic E-state index is 13.3. The van der Waals surface area contributed by atoms with Crippen LogP contribution >= 0.6 is 0 Å². The van der Waals surface area contributed by atoms with Crippen molar-refractivity contribution in [3.8, 4) is 11.4 Å². The van der Waals surface area contributed by atoms with E-state index in [4.69, 9.17) is 21.2 Å². The third-order valence-corrected chi connectivity index (χ3v) is 6.00. The molecule has 1 aromatic carbocycles. The van der Waals surface area contributed by atoms with Crippen molar-refractivity contribution in [1.82, 2.24) is 9.55 Å². The fourth-order valence-electron chi connectivity index (χ4n) is 4.36. The largest absolute Gasteiger partial charge is 0.458 e. The fraction of sp³-hybridized carbons (Fsp3) is 0.227. The average Bonchev–Trinajstić information content (AvgIpc) is 3.15. The maximum Gasteiger partial charge on any atom is 0.343 e. The Labute approximate surface area is 181 Å². The van der Waals surface area contributed by atoms with Crippen molar-refractivity contribution >= 4 is 29.0 Å². The number of fused-ring (bicyclic) bond motifs is 5. The van der Waals surface area contributed by atoms with Crippen LogP contribution in [0.15, 0.2) is 45.3 Å². The highest BCUT2D eigenvalue weighted by atomic mass is 16.6. The molecule has 0 saturated heterocycles. The Kier molecular flexibility index (Phi) is 4.34. The molecule has 0 saturated carbocycles. The lowest BCUT2D eigenvalue weighted by molar-refractivity contribution is -0.172. The Morgan fingerprint density at radius 1 is 1.31 bits per heavy atom. The highest BCUT2D eigenvalue weighted by molar-refractivity contribution is 6.02. The normalized spacial score (nSPS) is 18.9. The van der Waals surface area contributed by atoms with Crippen LogP contribution in [0, 0.1) is 0 Å². The Morgan fingerprint density at radius 2 is 2.09 bits per heavy atom. The van der Waals surface area contributed by atoms with E-state index >= 15 is 0 Å². The SMILES string of the molecule is CC[C@@]1(O)C(=O)OCc2c1cc1n(c2=O)Cc2c-1nc1ccccc1c2/C=N/N=C(N)N. The maximum absolute atomic E-state index is 13.3. The number of pyridine rings is 2. The number of carbonyl (C=O) groups is 1. The number of nitrogens with two attached hydrogens (primary N) is 2. The van der Waals surface area contributed by atoms with Gasteiger partial charge in [0, 0.05) is 22.1 Å². The van der Waals surface area contributed by atoms with Crippen molar-refractivity contribution < 1.29 is 14.6 Å². The first-order valence-corrected chi connectivity index (χ1v) is 10.1. The molecule has 2 aliphatic heterocycles. The minimum atomic E-state index is -1.88. The Balaban J connectivity index is 1.80. The summed E-state index contributed by atoms with van der Waals surface area (Å²) in [4.78, 5) is 30.4. The number of benzene rings is 1. The Hall–Kier alpha value is -4.05. The number of cyclic esters (lactones) is 1. The van der Waals surface area contributed by atoms with E-state index in [1.54, 1.807) is 17.6 Å². The zero-order valence-corrected chi connectivity index (χ0v) is 17.2. The number of aromatic nitrogens is 2. The molecule has 0 unspecified atom stereocenters. The van der Waals surface area contributed by atoms with Crippen LogP contribution in [0.3, 0.4) is 0 Å². The molecule has 5 rings (SSSR count). The Morgan fingerprint density at radius 3 is 2.84 bits per heavy atom. The molecule has 5 N–H and O–H groups in total. The molecule has 0 spiro atoms. The molecular formula is C22H20N6O4. The lowest BCUT2D eigenvalue weighted by Gasteiger charge is -2.31. The number of nitrogens with zero attached hydrogens (tertiary/aromatic N) is 4. The third-order valence-electron chi connectivity index (χ3n) is 6.00. The standard InChI is InChI=1S/C22H20N6O4/c1-2-22(31)15-7-17-18-13(9-28(17)19(29)14(15)10-32-20(22)30)12(8-25-27-21(23)24)11-5-3-4-6-16(11)26-18/h3-8,31H,2,9-10H2,1H3,(H4,23,24,27)/b25-8+/t22-/m0/s1. The van der Waals surface area contributed by atoms with Crippen LogP contribution in [0.25, 0.3) is 22.3 Å². The van der Waals surface area contributed by atoms with Gasteiger partial charge in [-0.2, -0.15) is 5.10 Å². The third kappa shape index (κ3) is 2.73.